The molecule has 1 fully saturated rings. The average molecular weight is 260 g/mol. The molecule has 2 N–H and O–H groups in total. The number of aryl methyl sites for hydroxylation is 1. The van der Waals surface area contributed by atoms with Crippen LogP contribution in [0.1, 0.15) is 50.2 Å². The zero-order valence-corrected chi connectivity index (χ0v) is 12.6. The van der Waals surface area contributed by atoms with Gasteiger partial charge in [0.25, 0.3) is 0 Å². The Hall–Kier alpha value is -1.02. The van der Waals surface area contributed by atoms with Crippen LogP contribution >= 0.6 is 0 Å². The molecule has 0 aromatic heterocycles. The summed E-state index contributed by atoms with van der Waals surface area (Å²) in [5.41, 5.74) is 4.19. The molecule has 1 saturated heterocycles. The molecule has 1 aliphatic heterocycles. The Bertz CT molecular complexity index is 392. The monoisotopic (exact) mass is 260 g/mol. The summed E-state index contributed by atoms with van der Waals surface area (Å²) in [6.45, 7) is 10.3. The average Bonchev–Trinajstić information content (AvgIpc) is 2.41. The highest BCUT2D eigenvalue weighted by molar-refractivity contribution is 5.58. The molecule has 0 amide bonds. The van der Waals surface area contributed by atoms with E-state index in [2.05, 4.69) is 49.6 Å². The van der Waals surface area contributed by atoms with Crippen LogP contribution in [0.15, 0.2) is 18.2 Å². The van der Waals surface area contributed by atoms with Crippen molar-refractivity contribution in [2.75, 3.05) is 25.0 Å². The summed E-state index contributed by atoms with van der Waals surface area (Å²) >= 11 is 0. The van der Waals surface area contributed by atoms with Crippen molar-refractivity contribution < 1.29 is 0 Å². The highest BCUT2D eigenvalue weighted by Crippen LogP contribution is 2.27. The first kappa shape index (κ1) is 14.4. The number of rotatable bonds is 5. The Morgan fingerprint density at radius 2 is 2.00 bits per heavy atom. The van der Waals surface area contributed by atoms with Crippen molar-refractivity contribution in [3.8, 4) is 0 Å². The van der Waals surface area contributed by atoms with E-state index < -0.39 is 0 Å². The van der Waals surface area contributed by atoms with E-state index in [9.17, 15) is 0 Å². The van der Waals surface area contributed by atoms with E-state index in [1.165, 1.54) is 49.2 Å². The fraction of sp³-hybridized carbons (Fsp3) is 0.647. The third-order valence-corrected chi connectivity index (χ3v) is 4.24. The number of hydrogen-bond acceptors (Lipinski definition) is 2. The van der Waals surface area contributed by atoms with Crippen LogP contribution in [0.2, 0.25) is 0 Å². The van der Waals surface area contributed by atoms with E-state index in [4.69, 9.17) is 0 Å². The maximum atomic E-state index is 3.69. The third-order valence-electron chi connectivity index (χ3n) is 4.24. The summed E-state index contributed by atoms with van der Waals surface area (Å²) in [6, 6.07) is 6.63. The van der Waals surface area contributed by atoms with Gasteiger partial charge in [0.15, 0.2) is 0 Å². The van der Waals surface area contributed by atoms with Crippen LogP contribution in [0.4, 0.5) is 5.69 Å². The van der Waals surface area contributed by atoms with Gasteiger partial charge in [0.1, 0.15) is 0 Å². The Balaban J connectivity index is 1.91. The molecule has 106 valence electrons. The van der Waals surface area contributed by atoms with Crippen LogP contribution in [-0.4, -0.2) is 19.6 Å². The van der Waals surface area contributed by atoms with Crippen molar-refractivity contribution in [1.29, 1.82) is 0 Å². The maximum Gasteiger partial charge on any atom is 0.0405 e. The van der Waals surface area contributed by atoms with Crippen LogP contribution in [0.5, 0.6) is 0 Å². The summed E-state index contributed by atoms with van der Waals surface area (Å²) < 4.78 is 0. The van der Waals surface area contributed by atoms with Crippen LogP contribution < -0.4 is 10.6 Å². The third kappa shape index (κ3) is 3.97. The molecule has 1 aromatic rings. The molecule has 2 heteroatoms. The van der Waals surface area contributed by atoms with Crippen LogP contribution in [0, 0.1) is 12.8 Å². The van der Waals surface area contributed by atoms with Gasteiger partial charge < -0.3 is 10.6 Å². The largest absolute Gasteiger partial charge is 0.385 e. The Kier molecular flexibility index (Phi) is 5.26. The summed E-state index contributed by atoms with van der Waals surface area (Å²) in [5.74, 6) is 1.49. The summed E-state index contributed by atoms with van der Waals surface area (Å²) in [7, 11) is 0. The first-order valence-electron chi connectivity index (χ1n) is 7.72. The predicted molar refractivity (Wildman–Crippen MR) is 84.0 cm³/mol. The van der Waals surface area contributed by atoms with Gasteiger partial charge in [-0.2, -0.15) is 0 Å². The molecule has 0 unspecified atom stereocenters. The van der Waals surface area contributed by atoms with Gasteiger partial charge in [0, 0.05) is 12.2 Å². The molecule has 2 nitrogen and oxygen atoms in total. The number of hydrogen-bond donors (Lipinski definition) is 2. The number of para-hydroxylation sites is 1. The molecule has 0 saturated carbocycles. The fourth-order valence-electron chi connectivity index (χ4n) is 2.98. The fourth-order valence-corrected chi connectivity index (χ4v) is 2.98. The van der Waals surface area contributed by atoms with E-state index in [0.717, 1.165) is 12.5 Å². The van der Waals surface area contributed by atoms with Crippen molar-refractivity contribution in [3.63, 3.8) is 0 Å². The standard InChI is InChI=1S/C17H28N2/c1-13(2)16-6-4-5-14(3)17(16)19-12-9-15-7-10-18-11-8-15/h4-6,13,15,18-19H,7-12H2,1-3H3. The lowest BCUT2D eigenvalue weighted by Gasteiger charge is -2.24. The number of benzene rings is 1. The quantitative estimate of drug-likeness (QED) is 0.838. The summed E-state index contributed by atoms with van der Waals surface area (Å²) in [5, 5.41) is 7.13. The van der Waals surface area contributed by atoms with Crippen molar-refractivity contribution in [2.24, 2.45) is 5.92 Å². The lowest BCUT2D eigenvalue weighted by Crippen LogP contribution is -2.28. The Labute approximate surface area is 118 Å². The van der Waals surface area contributed by atoms with Gasteiger partial charge in [0.05, 0.1) is 0 Å². The molecule has 1 aromatic carbocycles. The van der Waals surface area contributed by atoms with E-state index in [1.807, 2.05) is 0 Å². The van der Waals surface area contributed by atoms with Crippen LogP contribution in [0.3, 0.4) is 0 Å². The molecular weight excluding hydrogens is 232 g/mol. The van der Waals surface area contributed by atoms with E-state index in [1.54, 1.807) is 0 Å². The number of piperidine rings is 1. The zero-order valence-electron chi connectivity index (χ0n) is 12.6. The first-order chi connectivity index (χ1) is 9.18. The molecule has 2 rings (SSSR count). The molecule has 0 spiro atoms. The minimum Gasteiger partial charge on any atom is -0.385 e. The summed E-state index contributed by atoms with van der Waals surface area (Å²) in [6.07, 6.45) is 3.98. The van der Waals surface area contributed by atoms with Gasteiger partial charge in [0.2, 0.25) is 0 Å². The highest BCUT2D eigenvalue weighted by atomic mass is 14.9. The van der Waals surface area contributed by atoms with Crippen molar-refractivity contribution in [2.45, 2.75) is 46.0 Å². The maximum absolute atomic E-state index is 3.69. The van der Waals surface area contributed by atoms with E-state index >= 15 is 0 Å². The number of anilines is 1. The van der Waals surface area contributed by atoms with Gasteiger partial charge in [-0.3, -0.25) is 0 Å². The van der Waals surface area contributed by atoms with Gasteiger partial charge in [-0.15, -0.1) is 0 Å². The summed E-state index contributed by atoms with van der Waals surface area (Å²) in [4.78, 5) is 0. The van der Waals surface area contributed by atoms with E-state index in [-0.39, 0.29) is 0 Å². The van der Waals surface area contributed by atoms with Gasteiger partial charge in [-0.05, 0) is 62.2 Å². The van der Waals surface area contributed by atoms with Crippen LogP contribution in [-0.2, 0) is 0 Å². The second-order valence-electron chi connectivity index (χ2n) is 6.10. The molecule has 0 aliphatic carbocycles. The first-order valence-corrected chi connectivity index (χ1v) is 7.72. The molecule has 0 bridgehead atoms. The smallest absolute Gasteiger partial charge is 0.0405 e. The molecule has 1 heterocycles. The van der Waals surface area contributed by atoms with Crippen molar-refractivity contribution in [1.82, 2.24) is 5.32 Å². The van der Waals surface area contributed by atoms with Gasteiger partial charge in [-0.25, -0.2) is 0 Å². The minimum absolute atomic E-state index is 0.585. The molecule has 19 heavy (non-hydrogen) atoms. The molecular formula is C17H28N2. The lowest BCUT2D eigenvalue weighted by atomic mass is 9.94. The Morgan fingerprint density at radius 1 is 1.26 bits per heavy atom. The Morgan fingerprint density at radius 3 is 2.68 bits per heavy atom. The topological polar surface area (TPSA) is 24.1 Å². The molecule has 0 atom stereocenters. The van der Waals surface area contributed by atoms with Crippen LogP contribution in [0.25, 0.3) is 0 Å². The normalized spacial score (nSPS) is 16.8. The molecule has 1 aliphatic rings. The van der Waals surface area contributed by atoms with Crippen molar-refractivity contribution >= 4 is 5.69 Å². The van der Waals surface area contributed by atoms with Gasteiger partial charge in [-0.1, -0.05) is 32.0 Å². The van der Waals surface area contributed by atoms with E-state index in [0.29, 0.717) is 5.92 Å². The molecule has 0 radical (unpaired) electrons. The minimum atomic E-state index is 0.585. The SMILES string of the molecule is Cc1cccc(C(C)C)c1NCCC1CCNCC1. The highest BCUT2D eigenvalue weighted by Gasteiger charge is 2.13. The number of nitrogens with one attached hydrogen (secondary N) is 2. The second-order valence-corrected chi connectivity index (χ2v) is 6.10. The second kappa shape index (κ2) is 6.95. The van der Waals surface area contributed by atoms with Crippen molar-refractivity contribution in [3.05, 3.63) is 29.3 Å². The predicted octanol–water partition coefficient (Wildman–Crippen LogP) is 3.92. The zero-order chi connectivity index (χ0) is 13.7. The lowest BCUT2D eigenvalue weighted by molar-refractivity contribution is 0.361. The van der Waals surface area contributed by atoms with Gasteiger partial charge >= 0.3 is 0 Å².